The highest BCUT2D eigenvalue weighted by molar-refractivity contribution is 9.10. The van der Waals surface area contributed by atoms with Gasteiger partial charge in [-0.15, -0.1) is 0 Å². The van der Waals surface area contributed by atoms with Gasteiger partial charge in [-0.05, 0) is 42.9 Å². The molecule has 1 aromatic carbocycles. The van der Waals surface area contributed by atoms with Gasteiger partial charge in [-0.25, -0.2) is 4.39 Å². The molecule has 1 saturated carbocycles. The highest BCUT2D eigenvalue weighted by Crippen LogP contribution is 2.28. The summed E-state index contributed by atoms with van der Waals surface area (Å²) >= 11 is 3.43. The molecule has 2 unspecified atom stereocenters. The lowest BCUT2D eigenvalue weighted by Crippen LogP contribution is -2.30. The Morgan fingerprint density at radius 3 is 2.76 bits per heavy atom. The summed E-state index contributed by atoms with van der Waals surface area (Å²) in [7, 11) is 0. The zero-order valence-electron chi connectivity index (χ0n) is 9.96. The quantitative estimate of drug-likeness (QED) is 0.820. The normalized spacial score (nSPS) is 25.6. The third kappa shape index (κ3) is 3.52. The van der Waals surface area contributed by atoms with E-state index in [0.29, 0.717) is 12.0 Å². The van der Waals surface area contributed by atoms with Gasteiger partial charge >= 0.3 is 0 Å². The van der Waals surface area contributed by atoms with Crippen molar-refractivity contribution >= 4 is 15.9 Å². The summed E-state index contributed by atoms with van der Waals surface area (Å²) in [6.45, 7) is 0. The molecule has 0 heterocycles. The first-order valence-electron chi connectivity index (χ1n) is 6.36. The zero-order chi connectivity index (χ0) is 12.3. The Balaban J connectivity index is 2.08. The van der Waals surface area contributed by atoms with Crippen LogP contribution in [0.4, 0.5) is 4.39 Å². The lowest BCUT2D eigenvalue weighted by atomic mass is 9.89. The van der Waals surface area contributed by atoms with Crippen molar-refractivity contribution < 1.29 is 4.39 Å². The first-order chi connectivity index (χ1) is 8.16. The average molecular weight is 300 g/mol. The number of hydrogen-bond acceptors (Lipinski definition) is 1. The van der Waals surface area contributed by atoms with Gasteiger partial charge in [0.25, 0.3) is 0 Å². The molecule has 1 aromatic rings. The first kappa shape index (κ1) is 13.0. The maximum atomic E-state index is 13.0. The zero-order valence-corrected chi connectivity index (χ0v) is 11.5. The lowest BCUT2D eigenvalue weighted by molar-refractivity contribution is 0.395. The number of hydrogen-bond donors (Lipinski definition) is 1. The molecular weight excluding hydrogens is 281 g/mol. The standard InChI is InChI=1S/C14H19BrFN/c15-13-9-12(16)7-6-10(13)8-11-4-2-1-3-5-14(11)17/h6-7,9,11,14H,1-5,8,17H2. The fraction of sp³-hybridized carbons (Fsp3) is 0.571. The first-order valence-corrected chi connectivity index (χ1v) is 7.15. The Morgan fingerprint density at radius 2 is 2.00 bits per heavy atom. The van der Waals surface area contributed by atoms with Gasteiger partial charge in [0.05, 0.1) is 0 Å². The van der Waals surface area contributed by atoms with Crippen molar-refractivity contribution in [2.45, 2.75) is 44.6 Å². The minimum Gasteiger partial charge on any atom is -0.327 e. The van der Waals surface area contributed by atoms with Crippen LogP contribution in [0.2, 0.25) is 0 Å². The molecule has 1 nitrogen and oxygen atoms in total. The van der Waals surface area contributed by atoms with E-state index in [-0.39, 0.29) is 5.82 Å². The Bertz CT molecular complexity index is 380. The van der Waals surface area contributed by atoms with E-state index >= 15 is 0 Å². The largest absolute Gasteiger partial charge is 0.327 e. The van der Waals surface area contributed by atoms with Crippen LogP contribution in [0.3, 0.4) is 0 Å². The molecule has 1 fully saturated rings. The van der Waals surface area contributed by atoms with E-state index in [4.69, 9.17) is 5.73 Å². The molecule has 0 bridgehead atoms. The molecule has 17 heavy (non-hydrogen) atoms. The van der Waals surface area contributed by atoms with Crippen molar-refractivity contribution in [3.8, 4) is 0 Å². The highest BCUT2D eigenvalue weighted by atomic mass is 79.9. The highest BCUT2D eigenvalue weighted by Gasteiger charge is 2.21. The molecule has 2 rings (SSSR count). The van der Waals surface area contributed by atoms with E-state index in [1.54, 1.807) is 0 Å². The fourth-order valence-corrected chi connectivity index (χ4v) is 3.15. The molecule has 0 radical (unpaired) electrons. The smallest absolute Gasteiger partial charge is 0.124 e. The van der Waals surface area contributed by atoms with Gasteiger partial charge in [0.15, 0.2) is 0 Å². The molecular formula is C14H19BrFN. The van der Waals surface area contributed by atoms with Crippen molar-refractivity contribution in [2.75, 3.05) is 0 Å². The molecule has 0 saturated heterocycles. The molecule has 0 aromatic heterocycles. The third-order valence-corrected chi connectivity index (χ3v) is 4.45. The third-order valence-electron chi connectivity index (χ3n) is 3.72. The molecule has 0 spiro atoms. The lowest BCUT2D eigenvalue weighted by Gasteiger charge is -2.21. The Kier molecular flexibility index (Phi) is 4.57. The van der Waals surface area contributed by atoms with Crippen LogP contribution in [0.5, 0.6) is 0 Å². The van der Waals surface area contributed by atoms with E-state index in [2.05, 4.69) is 15.9 Å². The predicted molar refractivity (Wildman–Crippen MR) is 72.4 cm³/mol. The molecule has 2 atom stereocenters. The van der Waals surface area contributed by atoms with Crippen molar-refractivity contribution in [2.24, 2.45) is 11.7 Å². The second-order valence-electron chi connectivity index (χ2n) is 5.00. The van der Waals surface area contributed by atoms with Gasteiger partial charge in [-0.1, -0.05) is 41.3 Å². The van der Waals surface area contributed by atoms with E-state index in [1.165, 1.54) is 43.4 Å². The molecule has 1 aliphatic carbocycles. The van der Waals surface area contributed by atoms with Gasteiger partial charge < -0.3 is 5.73 Å². The van der Waals surface area contributed by atoms with E-state index in [1.807, 2.05) is 6.07 Å². The van der Waals surface area contributed by atoms with Crippen LogP contribution in [0.15, 0.2) is 22.7 Å². The molecule has 1 aliphatic rings. The summed E-state index contributed by atoms with van der Waals surface area (Å²) in [5, 5.41) is 0. The Labute approximate surface area is 111 Å². The number of nitrogens with two attached hydrogens (primary N) is 1. The minimum absolute atomic E-state index is 0.189. The summed E-state index contributed by atoms with van der Waals surface area (Å²) in [5.74, 6) is 0.352. The topological polar surface area (TPSA) is 26.0 Å². The molecule has 0 amide bonds. The predicted octanol–water partition coefficient (Wildman–Crippen LogP) is 4.04. The van der Waals surface area contributed by atoms with Crippen LogP contribution in [-0.4, -0.2) is 6.04 Å². The summed E-state index contributed by atoms with van der Waals surface area (Å²) in [5.41, 5.74) is 7.39. The van der Waals surface area contributed by atoms with Crippen molar-refractivity contribution in [1.82, 2.24) is 0 Å². The van der Waals surface area contributed by atoms with Gasteiger partial charge in [0.2, 0.25) is 0 Å². The monoisotopic (exact) mass is 299 g/mol. The van der Waals surface area contributed by atoms with Crippen molar-refractivity contribution in [1.29, 1.82) is 0 Å². The van der Waals surface area contributed by atoms with E-state index < -0.39 is 0 Å². The maximum Gasteiger partial charge on any atom is 0.124 e. The second-order valence-corrected chi connectivity index (χ2v) is 5.86. The van der Waals surface area contributed by atoms with Crippen LogP contribution in [0.25, 0.3) is 0 Å². The Hall–Kier alpha value is -0.410. The van der Waals surface area contributed by atoms with Crippen molar-refractivity contribution in [3.05, 3.63) is 34.1 Å². The van der Waals surface area contributed by atoms with Crippen LogP contribution >= 0.6 is 15.9 Å². The van der Waals surface area contributed by atoms with Gasteiger partial charge in [-0.3, -0.25) is 0 Å². The van der Waals surface area contributed by atoms with Crippen LogP contribution in [0.1, 0.15) is 37.7 Å². The summed E-state index contributed by atoms with van der Waals surface area (Å²) in [6, 6.07) is 5.24. The number of benzene rings is 1. The Morgan fingerprint density at radius 1 is 1.24 bits per heavy atom. The number of halogens is 2. The van der Waals surface area contributed by atoms with Gasteiger partial charge in [0.1, 0.15) is 5.82 Å². The fourth-order valence-electron chi connectivity index (χ4n) is 2.64. The summed E-state index contributed by atoms with van der Waals surface area (Å²) < 4.78 is 13.9. The van der Waals surface area contributed by atoms with Crippen LogP contribution in [-0.2, 0) is 6.42 Å². The van der Waals surface area contributed by atoms with Gasteiger partial charge in [0, 0.05) is 10.5 Å². The van der Waals surface area contributed by atoms with Gasteiger partial charge in [-0.2, -0.15) is 0 Å². The van der Waals surface area contributed by atoms with E-state index in [0.717, 1.165) is 17.3 Å². The van der Waals surface area contributed by atoms with Crippen LogP contribution in [0, 0.1) is 11.7 Å². The second kappa shape index (κ2) is 5.96. The SMILES string of the molecule is NC1CCCCCC1Cc1ccc(F)cc1Br. The minimum atomic E-state index is -0.189. The number of rotatable bonds is 2. The molecule has 3 heteroatoms. The molecule has 94 valence electrons. The summed E-state index contributed by atoms with van der Waals surface area (Å²) in [6.07, 6.45) is 7.12. The van der Waals surface area contributed by atoms with Crippen LogP contribution < -0.4 is 5.73 Å². The van der Waals surface area contributed by atoms with E-state index in [9.17, 15) is 4.39 Å². The molecule has 0 aliphatic heterocycles. The molecule has 2 N–H and O–H groups in total. The average Bonchev–Trinajstić information content (AvgIpc) is 2.48. The van der Waals surface area contributed by atoms with Crippen molar-refractivity contribution in [3.63, 3.8) is 0 Å². The summed E-state index contributed by atoms with van der Waals surface area (Å²) in [4.78, 5) is 0. The maximum absolute atomic E-state index is 13.0.